The summed E-state index contributed by atoms with van der Waals surface area (Å²) in [5.74, 6) is 1.68. The third kappa shape index (κ3) is 6.11. The number of aromatic nitrogens is 5. The Morgan fingerprint density at radius 1 is 0.310 bits per heavy atom. The molecule has 0 saturated carbocycles. The summed E-state index contributed by atoms with van der Waals surface area (Å²) in [5.41, 5.74) is 12.8. The zero-order valence-corrected chi connectivity index (χ0v) is 38.2. The fourth-order valence-corrected chi connectivity index (χ4v) is 11.1. The fraction of sp³-hybridized carbons (Fsp3) is 0. The van der Waals surface area contributed by atoms with Gasteiger partial charge in [0.25, 0.3) is 0 Å². The zero-order valence-electron chi connectivity index (χ0n) is 38.2. The first-order chi connectivity index (χ1) is 35.2. The molecule has 0 radical (unpaired) electrons. The highest BCUT2D eigenvalue weighted by Crippen LogP contribution is 2.44. The van der Waals surface area contributed by atoms with Crippen molar-refractivity contribution in [1.82, 2.24) is 24.1 Å². The van der Waals surface area contributed by atoms with Gasteiger partial charge in [0.15, 0.2) is 17.5 Å². The molecule has 4 heterocycles. The predicted octanol–water partition coefficient (Wildman–Crippen LogP) is 16.9. The Balaban J connectivity index is 1.05. The third-order valence-electron chi connectivity index (χ3n) is 14.3. The van der Waals surface area contributed by atoms with E-state index in [2.05, 4.69) is 234 Å². The van der Waals surface area contributed by atoms with Crippen LogP contribution in [-0.4, -0.2) is 24.1 Å². The van der Waals surface area contributed by atoms with Gasteiger partial charge >= 0.3 is 0 Å². The second-order valence-electron chi connectivity index (χ2n) is 18.3. The van der Waals surface area contributed by atoms with Gasteiger partial charge in [-0.25, -0.2) is 15.0 Å². The average molecular weight is 906 g/mol. The molecule has 71 heavy (non-hydrogen) atoms. The number of rotatable bonds is 6. The highest BCUT2D eigenvalue weighted by atomic mass is 16.3. The minimum absolute atomic E-state index is 0.538. The second-order valence-corrected chi connectivity index (χ2v) is 18.3. The molecule has 0 unspecified atom stereocenters. The highest BCUT2D eigenvalue weighted by Gasteiger charge is 2.24. The van der Waals surface area contributed by atoms with E-state index in [-0.39, 0.29) is 0 Å². The summed E-state index contributed by atoms with van der Waals surface area (Å²) in [4.78, 5) is 16.4. The Bertz CT molecular complexity index is 4620. The first kappa shape index (κ1) is 39.4. The molecule has 0 fully saturated rings. The molecule has 15 aromatic rings. The van der Waals surface area contributed by atoms with Crippen molar-refractivity contribution >= 4 is 87.1 Å². The van der Waals surface area contributed by atoms with Crippen molar-refractivity contribution in [3.05, 3.63) is 237 Å². The molecule has 0 saturated heterocycles. The van der Waals surface area contributed by atoms with Gasteiger partial charge in [0, 0.05) is 54.7 Å². The van der Waals surface area contributed by atoms with Crippen molar-refractivity contribution < 1.29 is 4.42 Å². The lowest BCUT2D eigenvalue weighted by Crippen LogP contribution is -2.03. The largest absolute Gasteiger partial charge is 0.456 e. The van der Waals surface area contributed by atoms with Crippen LogP contribution in [0.25, 0.3) is 144 Å². The SMILES string of the molecule is c1ccc(-c2ccc(-c3nc(-c4cc(-n5c6cc7ccccc7cc6c6ccc7ccccc7c65)c5c(c4)oc4ccccc45)nc(-c4cccc5c6ccccc6n(-c6ccccc6)c45)n3)cc2)cc1. The van der Waals surface area contributed by atoms with Crippen LogP contribution in [0, 0.1) is 0 Å². The lowest BCUT2D eigenvalue weighted by Gasteiger charge is -2.15. The molecule has 0 spiro atoms. The number of nitrogens with zero attached hydrogens (tertiary/aromatic N) is 5. The van der Waals surface area contributed by atoms with Crippen LogP contribution in [0.3, 0.4) is 0 Å². The lowest BCUT2D eigenvalue weighted by atomic mass is 10.0. The van der Waals surface area contributed by atoms with E-state index in [4.69, 9.17) is 19.4 Å². The number of hydrogen-bond donors (Lipinski definition) is 0. The first-order valence-corrected chi connectivity index (χ1v) is 24.0. The van der Waals surface area contributed by atoms with E-state index in [1.807, 2.05) is 12.1 Å². The number of benzene rings is 11. The maximum atomic E-state index is 6.89. The average Bonchev–Trinajstić information content (AvgIpc) is 4.10. The summed E-state index contributed by atoms with van der Waals surface area (Å²) in [6.45, 7) is 0. The van der Waals surface area contributed by atoms with Crippen LogP contribution in [0.2, 0.25) is 0 Å². The van der Waals surface area contributed by atoms with Crippen LogP contribution in [0.1, 0.15) is 0 Å². The van der Waals surface area contributed by atoms with Gasteiger partial charge in [-0.1, -0.05) is 182 Å². The maximum absolute atomic E-state index is 6.89. The molecule has 0 N–H and O–H groups in total. The molecule has 0 aliphatic carbocycles. The molecule has 0 bridgehead atoms. The van der Waals surface area contributed by atoms with Crippen molar-refractivity contribution in [2.45, 2.75) is 0 Å². The standard InChI is InChI=1S/C65H39N5O/c1-3-16-40(17-4-1)41-30-32-43(33-31-41)63-66-64(68-65(67-63)53-27-15-26-50-49-24-11-13-28-55(49)69(62(50)53)47-21-5-2-6-22-47)46-38-57(60-52-25-12-14-29-58(52)71-59(60)39-46)70-56-37-45-20-8-7-19-44(45)36-54(56)51-35-34-42-18-9-10-23-48(42)61(51)70/h1-39H. The van der Waals surface area contributed by atoms with Crippen molar-refractivity contribution in [1.29, 1.82) is 0 Å². The summed E-state index contributed by atoms with van der Waals surface area (Å²) in [7, 11) is 0. The minimum atomic E-state index is 0.538. The van der Waals surface area contributed by atoms with E-state index in [1.54, 1.807) is 0 Å². The fourth-order valence-electron chi connectivity index (χ4n) is 11.1. The number of para-hydroxylation sites is 4. The van der Waals surface area contributed by atoms with Crippen LogP contribution >= 0.6 is 0 Å². The minimum Gasteiger partial charge on any atom is -0.456 e. The van der Waals surface area contributed by atoms with E-state index in [0.717, 1.165) is 94.0 Å². The van der Waals surface area contributed by atoms with E-state index < -0.39 is 0 Å². The topological polar surface area (TPSA) is 61.7 Å². The number of furan rings is 1. The number of hydrogen-bond acceptors (Lipinski definition) is 4. The normalized spacial score (nSPS) is 11.9. The van der Waals surface area contributed by atoms with Crippen molar-refractivity contribution in [2.24, 2.45) is 0 Å². The molecule has 11 aromatic carbocycles. The molecule has 0 atom stereocenters. The molecule has 6 heteroatoms. The van der Waals surface area contributed by atoms with Crippen LogP contribution in [-0.2, 0) is 0 Å². The van der Waals surface area contributed by atoms with Gasteiger partial charge in [0.2, 0.25) is 0 Å². The Kier molecular flexibility index (Phi) is 8.56. The van der Waals surface area contributed by atoms with E-state index in [0.29, 0.717) is 17.5 Å². The molecule has 0 amide bonds. The van der Waals surface area contributed by atoms with E-state index >= 15 is 0 Å². The smallest absolute Gasteiger partial charge is 0.166 e. The number of fused-ring (bicyclic) bond motifs is 12. The Morgan fingerprint density at radius 3 is 1.73 bits per heavy atom. The van der Waals surface area contributed by atoms with Gasteiger partial charge < -0.3 is 13.6 Å². The second kappa shape index (κ2) is 15.4. The highest BCUT2D eigenvalue weighted by molar-refractivity contribution is 6.22. The van der Waals surface area contributed by atoms with Gasteiger partial charge in [-0.3, -0.25) is 0 Å². The zero-order chi connectivity index (χ0) is 46.6. The van der Waals surface area contributed by atoms with Crippen LogP contribution in [0.5, 0.6) is 0 Å². The Hall–Kier alpha value is -9.65. The van der Waals surface area contributed by atoms with Crippen molar-refractivity contribution in [3.63, 3.8) is 0 Å². The quantitative estimate of drug-likeness (QED) is 0.167. The lowest BCUT2D eigenvalue weighted by molar-refractivity contribution is 0.669. The molecule has 330 valence electrons. The molecular formula is C65H39N5O. The molecule has 4 aromatic heterocycles. The monoisotopic (exact) mass is 905 g/mol. The van der Waals surface area contributed by atoms with Crippen LogP contribution in [0.4, 0.5) is 0 Å². The van der Waals surface area contributed by atoms with Crippen molar-refractivity contribution in [2.75, 3.05) is 0 Å². The van der Waals surface area contributed by atoms with Crippen LogP contribution in [0.15, 0.2) is 241 Å². The van der Waals surface area contributed by atoms with Gasteiger partial charge in [0.1, 0.15) is 11.2 Å². The van der Waals surface area contributed by atoms with Gasteiger partial charge in [-0.2, -0.15) is 0 Å². The summed E-state index contributed by atoms with van der Waals surface area (Å²) in [6.07, 6.45) is 0. The summed E-state index contributed by atoms with van der Waals surface area (Å²) < 4.78 is 11.7. The van der Waals surface area contributed by atoms with Gasteiger partial charge in [0.05, 0.1) is 33.1 Å². The van der Waals surface area contributed by atoms with E-state index in [9.17, 15) is 0 Å². The van der Waals surface area contributed by atoms with Crippen LogP contribution < -0.4 is 0 Å². The molecule has 0 aliphatic rings. The summed E-state index contributed by atoms with van der Waals surface area (Å²) >= 11 is 0. The van der Waals surface area contributed by atoms with Crippen molar-refractivity contribution in [3.8, 4) is 56.7 Å². The molecule has 6 nitrogen and oxygen atoms in total. The van der Waals surface area contributed by atoms with Gasteiger partial charge in [-0.05, 0) is 81.9 Å². The van der Waals surface area contributed by atoms with Gasteiger partial charge in [-0.15, -0.1) is 0 Å². The van der Waals surface area contributed by atoms with E-state index in [1.165, 1.54) is 32.3 Å². The maximum Gasteiger partial charge on any atom is 0.166 e. The Morgan fingerprint density at radius 2 is 0.915 bits per heavy atom. The summed E-state index contributed by atoms with van der Waals surface area (Å²) in [6, 6.07) is 83.9. The predicted molar refractivity (Wildman–Crippen MR) is 293 cm³/mol. The molecular weight excluding hydrogens is 867 g/mol. The molecule has 0 aliphatic heterocycles. The molecule has 15 rings (SSSR count). The third-order valence-corrected chi connectivity index (χ3v) is 14.3. The Labute approximate surface area is 407 Å². The summed E-state index contributed by atoms with van der Waals surface area (Å²) in [5, 5.41) is 11.4. The first-order valence-electron chi connectivity index (χ1n) is 24.0.